The molecule has 0 heterocycles. The largest absolute Gasteiger partial charge is 0.492 e. The standard InChI is InChI=1S/C12H15NO8Si/c14-10(13-4-1-5-22(19,20)21)8-3-2-7(11(15)16)6-9(8)12(17)18/h2-3,6,19-21H,1,4-5H2,(H,13,14)(H,15,16)(H,17,18). The molecule has 0 aliphatic rings. The third-order valence-electron chi connectivity index (χ3n) is 2.72. The molecule has 0 aliphatic carbocycles. The molecule has 1 aromatic rings. The van der Waals surface area contributed by atoms with Gasteiger partial charge in [-0.2, -0.15) is 0 Å². The van der Waals surface area contributed by atoms with E-state index in [0.717, 1.165) is 18.2 Å². The van der Waals surface area contributed by atoms with Crippen molar-refractivity contribution in [3.63, 3.8) is 0 Å². The number of hydrogen-bond acceptors (Lipinski definition) is 6. The molecule has 0 saturated heterocycles. The second kappa shape index (κ2) is 7.13. The molecule has 0 spiro atoms. The van der Waals surface area contributed by atoms with Crippen molar-refractivity contribution < 1.29 is 39.0 Å². The van der Waals surface area contributed by atoms with Gasteiger partial charge in [0.2, 0.25) is 0 Å². The lowest BCUT2D eigenvalue weighted by atomic mass is 10.0. The number of aromatic carboxylic acids is 2. The van der Waals surface area contributed by atoms with Crippen molar-refractivity contribution in [3.05, 3.63) is 34.9 Å². The van der Waals surface area contributed by atoms with Crippen LogP contribution in [0.25, 0.3) is 0 Å². The van der Waals surface area contributed by atoms with Crippen LogP contribution in [0.5, 0.6) is 0 Å². The Labute approximate surface area is 125 Å². The van der Waals surface area contributed by atoms with Gasteiger partial charge in [0, 0.05) is 12.6 Å². The number of carbonyl (C=O) groups excluding carboxylic acids is 1. The van der Waals surface area contributed by atoms with Crippen molar-refractivity contribution in [3.8, 4) is 0 Å². The van der Waals surface area contributed by atoms with Crippen molar-refractivity contribution in [1.29, 1.82) is 0 Å². The van der Waals surface area contributed by atoms with E-state index in [1.54, 1.807) is 0 Å². The first-order valence-corrected chi connectivity index (χ1v) is 8.22. The minimum Gasteiger partial charge on any atom is -0.478 e. The van der Waals surface area contributed by atoms with Crippen LogP contribution in [0.4, 0.5) is 0 Å². The van der Waals surface area contributed by atoms with Gasteiger partial charge < -0.3 is 29.9 Å². The van der Waals surface area contributed by atoms with Crippen molar-refractivity contribution in [1.82, 2.24) is 5.32 Å². The lowest BCUT2D eigenvalue weighted by molar-refractivity contribution is 0.0690. The first-order chi connectivity index (χ1) is 10.1. The molecule has 1 amide bonds. The molecule has 120 valence electrons. The van der Waals surface area contributed by atoms with Crippen molar-refractivity contribution in [2.75, 3.05) is 6.54 Å². The highest BCUT2D eigenvalue weighted by Gasteiger charge is 2.25. The fourth-order valence-electron chi connectivity index (χ4n) is 1.67. The molecule has 22 heavy (non-hydrogen) atoms. The van der Waals surface area contributed by atoms with Gasteiger partial charge in [0.05, 0.1) is 16.7 Å². The lowest BCUT2D eigenvalue weighted by Gasteiger charge is -2.11. The summed E-state index contributed by atoms with van der Waals surface area (Å²) < 4.78 is 0. The number of nitrogens with one attached hydrogen (secondary N) is 1. The first kappa shape index (κ1) is 17.8. The zero-order valence-corrected chi connectivity index (χ0v) is 12.3. The Hall–Kier alpha value is -2.27. The van der Waals surface area contributed by atoms with E-state index >= 15 is 0 Å². The van der Waals surface area contributed by atoms with Gasteiger partial charge in [0.25, 0.3) is 5.91 Å². The van der Waals surface area contributed by atoms with Crippen LogP contribution in [0, 0.1) is 0 Å². The summed E-state index contributed by atoms with van der Waals surface area (Å²) in [6.07, 6.45) is 0.0943. The second-order valence-electron chi connectivity index (χ2n) is 4.50. The number of carboxylic acid groups (broad SMARTS) is 2. The number of rotatable bonds is 7. The quantitative estimate of drug-likeness (QED) is 0.277. The Morgan fingerprint density at radius 3 is 2.14 bits per heavy atom. The smallest absolute Gasteiger partial charge is 0.478 e. The number of amides is 1. The van der Waals surface area contributed by atoms with E-state index in [2.05, 4.69) is 5.32 Å². The third kappa shape index (κ3) is 5.25. The Morgan fingerprint density at radius 1 is 1.00 bits per heavy atom. The van der Waals surface area contributed by atoms with Crippen LogP contribution in [0.1, 0.15) is 37.5 Å². The molecule has 9 nitrogen and oxygen atoms in total. The summed E-state index contributed by atoms with van der Waals surface area (Å²) in [6, 6.07) is 2.81. The normalized spacial score (nSPS) is 11.0. The molecule has 0 atom stereocenters. The van der Waals surface area contributed by atoms with Gasteiger partial charge >= 0.3 is 20.7 Å². The molecule has 0 unspecified atom stereocenters. The molecule has 0 aromatic heterocycles. The van der Waals surface area contributed by atoms with Crippen molar-refractivity contribution in [2.45, 2.75) is 12.5 Å². The minimum absolute atomic E-state index is 0.00496. The maximum Gasteiger partial charge on any atom is 0.492 e. The number of carbonyl (C=O) groups is 3. The molecular formula is C12H15NO8Si. The SMILES string of the molecule is O=C(O)c1ccc(C(=O)NCCC[Si](O)(O)O)c(C(=O)O)c1. The average Bonchev–Trinajstić information content (AvgIpc) is 2.41. The summed E-state index contributed by atoms with van der Waals surface area (Å²) in [5.74, 6) is -3.50. The van der Waals surface area contributed by atoms with Gasteiger partial charge in [0.15, 0.2) is 0 Å². The van der Waals surface area contributed by atoms with Crippen LogP contribution >= 0.6 is 0 Å². The van der Waals surface area contributed by atoms with E-state index in [1.807, 2.05) is 0 Å². The molecule has 6 N–H and O–H groups in total. The van der Waals surface area contributed by atoms with Gasteiger partial charge in [-0.05, 0) is 24.6 Å². The molecule has 0 bridgehead atoms. The molecule has 0 saturated carbocycles. The zero-order valence-electron chi connectivity index (χ0n) is 11.3. The van der Waals surface area contributed by atoms with Gasteiger partial charge in [-0.25, -0.2) is 9.59 Å². The molecule has 1 rings (SSSR count). The van der Waals surface area contributed by atoms with Gasteiger partial charge in [-0.3, -0.25) is 4.79 Å². The molecule has 0 aliphatic heterocycles. The predicted octanol–water partition coefficient (Wildman–Crippen LogP) is -0.881. The fraction of sp³-hybridized carbons (Fsp3) is 0.250. The summed E-state index contributed by atoms with van der Waals surface area (Å²) in [6.45, 7) is -0.00496. The van der Waals surface area contributed by atoms with Crippen LogP contribution in [-0.2, 0) is 0 Å². The van der Waals surface area contributed by atoms with Crippen molar-refractivity contribution >= 4 is 26.7 Å². The lowest BCUT2D eigenvalue weighted by Crippen LogP contribution is -2.36. The Balaban J connectivity index is 2.80. The summed E-state index contributed by atoms with van der Waals surface area (Å²) in [7, 11) is -4.17. The van der Waals surface area contributed by atoms with E-state index in [0.29, 0.717) is 0 Å². The maximum atomic E-state index is 11.9. The summed E-state index contributed by atoms with van der Waals surface area (Å²) in [5.41, 5.74) is -0.920. The first-order valence-electron chi connectivity index (χ1n) is 6.18. The monoisotopic (exact) mass is 329 g/mol. The molecule has 0 radical (unpaired) electrons. The van der Waals surface area contributed by atoms with Gasteiger partial charge in [-0.1, -0.05) is 0 Å². The van der Waals surface area contributed by atoms with E-state index in [4.69, 9.17) is 24.6 Å². The Kier molecular flexibility index (Phi) is 5.76. The molecule has 0 fully saturated rings. The van der Waals surface area contributed by atoms with Crippen LogP contribution in [0.2, 0.25) is 6.04 Å². The van der Waals surface area contributed by atoms with Crippen LogP contribution in [-0.4, -0.2) is 57.8 Å². The Morgan fingerprint density at radius 2 is 1.64 bits per heavy atom. The van der Waals surface area contributed by atoms with E-state index < -0.39 is 32.2 Å². The van der Waals surface area contributed by atoms with Gasteiger partial charge in [0.1, 0.15) is 0 Å². The van der Waals surface area contributed by atoms with Crippen LogP contribution < -0.4 is 5.32 Å². The van der Waals surface area contributed by atoms with E-state index in [9.17, 15) is 14.4 Å². The zero-order chi connectivity index (χ0) is 16.9. The second-order valence-corrected chi connectivity index (χ2v) is 6.55. The highest BCUT2D eigenvalue weighted by molar-refractivity contribution is 6.56. The van der Waals surface area contributed by atoms with E-state index in [-0.39, 0.29) is 30.1 Å². The van der Waals surface area contributed by atoms with Crippen LogP contribution in [0.3, 0.4) is 0 Å². The van der Waals surface area contributed by atoms with Crippen molar-refractivity contribution in [2.24, 2.45) is 0 Å². The average molecular weight is 329 g/mol. The number of benzene rings is 1. The number of hydrogen-bond donors (Lipinski definition) is 6. The third-order valence-corrected chi connectivity index (χ3v) is 3.74. The number of carboxylic acids is 2. The highest BCUT2D eigenvalue weighted by atomic mass is 28.4. The topological polar surface area (TPSA) is 164 Å². The summed E-state index contributed by atoms with van der Waals surface area (Å²) >= 11 is 0. The Bertz CT molecular complexity index is 595. The molecule has 1 aromatic carbocycles. The summed E-state index contributed by atoms with van der Waals surface area (Å²) in [5, 5.41) is 20.2. The predicted molar refractivity (Wildman–Crippen MR) is 74.5 cm³/mol. The molecule has 10 heteroatoms. The maximum absolute atomic E-state index is 11.9. The van der Waals surface area contributed by atoms with E-state index in [1.165, 1.54) is 0 Å². The highest BCUT2D eigenvalue weighted by Crippen LogP contribution is 2.13. The fourth-order valence-corrected chi connectivity index (χ4v) is 2.33. The van der Waals surface area contributed by atoms with Crippen LogP contribution in [0.15, 0.2) is 18.2 Å². The van der Waals surface area contributed by atoms with Gasteiger partial charge in [-0.15, -0.1) is 0 Å². The minimum atomic E-state index is -4.17. The summed E-state index contributed by atoms with van der Waals surface area (Å²) in [4.78, 5) is 60.2. The molecular weight excluding hydrogens is 314 g/mol.